The number of nitrogens with one attached hydrogen (secondary N) is 1. The Balaban J connectivity index is 2.21. The van der Waals surface area contributed by atoms with Crippen LogP contribution in [0.2, 0.25) is 5.02 Å². The normalized spacial score (nSPS) is 10.9. The summed E-state index contributed by atoms with van der Waals surface area (Å²) in [4.78, 5) is 15.8. The van der Waals surface area contributed by atoms with Crippen molar-refractivity contribution in [2.45, 2.75) is 6.92 Å². The van der Waals surface area contributed by atoms with Gasteiger partial charge in [0.1, 0.15) is 0 Å². The molecule has 2 aromatic carbocycles. The standard InChI is InChI=1S/C16H13ClN2O/c1-9-3-2-4-13(18)15(9)16(20)12-8-19-14-6-5-10(17)7-11(12)14/h2-8,19H,18H2,1H3. The van der Waals surface area contributed by atoms with Gasteiger partial charge >= 0.3 is 0 Å². The number of carbonyl (C=O) groups is 1. The van der Waals surface area contributed by atoms with Gasteiger partial charge in [-0.3, -0.25) is 4.79 Å². The molecule has 1 heterocycles. The lowest BCUT2D eigenvalue weighted by molar-refractivity contribution is 0.104. The summed E-state index contributed by atoms with van der Waals surface area (Å²) in [5.74, 6) is -0.0888. The molecule has 4 heteroatoms. The zero-order valence-corrected chi connectivity index (χ0v) is 11.7. The quantitative estimate of drug-likeness (QED) is 0.553. The van der Waals surface area contributed by atoms with E-state index in [2.05, 4.69) is 4.98 Å². The fourth-order valence-corrected chi connectivity index (χ4v) is 2.59. The van der Waals surface area contributed by atoms with Crippen LogP contribution in [0, 0.1) is 6.92 Å². The molecule has 3 rings (SSSR count). The number of halogens is 1. The maximum Gasteiger partial charge on any atom is 0.197 e. The van der Waals surface area contributed by atoms with Crippen molar-refractivity contribution in [2.24, 2.45) is 0 Å². The summed E-state index contributed by atoms with van der Waals surface area (Å²) in [6.07, 6.45) is 1.70. The molecule has 20 heavy (non-hydrogen) atoms. The third kappa shape index (κ3) is 1.96. The van der Waals surface area contributed by atoms with Crippen LogP contribution in [0.15, 0.2) is 42.6 Å². The summed E-state index contributed by atoms with van der Waals surface area (Å²) in [6, 6.07) is 10.9. The predicted molar refractivity (Wildman–Crippen MR) is 82.3 cm³/mol. The molecule has 0 saturated carbocycles. The van der Waals surface area contributed by atoms with Gasteiger partial charge < -0.3 is 10.7 Å². The summed E-state index contributed by atoms with van der Waals surface area (Å²) in [5, 5.41) is 1.41. The van der Waals surface area contributed by atoms with E-state index in [4.69, 9.17) is 17.3 Å². The van der Waals surface area contributed by atoms with Gasteiger partial charge in [0.2, 0.25) is 0 Å². The Morgan fingerprint density at radius 1 is 1.25 bits per heavy atom. The van der Waals surface area contributed by atoms with Crippen LogP contribution in [0.4, 0.5) is 5.69 Å². The highest BCUT2D eigenvalue weighted by Crippen LogP contribution is 2.27. The zero-order chi connectivity index (χ0) is 14.3. The smallest absolute Gasteiger partial charge is 0.197 e. The Hall–Kier alpha value is -2.26. The SMILES string of the molecule is Cc1cccc(N)c1C(=O)c1c[nH]c2ccc(Cl)cc12. The third-order valence-corrected chi connectivity index (χ3v) is 3.66. The Morgan fingerprint density at radius 3 is 2.80 bits per heavy atom. The summed E-state index contributed by atoms with van der Waals surface area (Å²) in [6.45, 7) is 1.88. The molecule has 1 aromatic heterocycles. The van der Waals surface area contributed by atoms with E-state index in [0.717, 1.165) is 16.5 Å². The fraction of sp³-hybridized carbons (Fsp3) is 0.0625. The third-order valence-electron chi connectivity index (χ3n) is 3.42. The molecule has 3 nitrogen and oxygen atoms in total. The molecule has 0 bridgehead atoms. The molecule has 0 aliphatic heterocycles. The number of ketones is 1. The number of hydrogen-bond donors (Lipinski definition) is 2. The van der Waals surface area contributed by atoms with Gasteiger partial charge in [-0.1, -0.05) is 23.7 Å². The lowest BCUT2D eigenvalue weighted by Gasteiger charge is -2.07. The van der Waals surface area contributed by atoms with E-state index in [-0.39, 0.29) is 5.78 Å². The molecule has 0 fully saturated rings. The van der Waals surface area contributed by atoms with Crippen LogP contribution < -0.4 is 5.73 Å². The molecular formula is C16H13ClN2O. The number of anilines is 1. The molecule has 0 aliphatic carbocycles. The average molecular weight is 285 g/mol. The van der Waals surface area contributed by atoms with Gasteiger partial charge in [-0.15, -0.1) is 0 Å². The zero-order valence-electron chi connectivity index (χ0n) is 10.9. The number of aryl methyl sites for hydroxylation is 1. The minimum Gasteiger partial charge on any atom is -0.398 e. The summed E-state index contributed by atoms with van der Waals surface area (Å²) in [7, 11) is 0. The van der Waals surface area contributed by atoms with Crippen molar-refractivity contribution in [3.8, 4) is 0 Å². The van der Waals surface area contributed by atoms with E-state index in [1.165, 1.54) is 0 Å². The lowest BCUT2D eigenvalue weighted by Crippen LogP contribution is -2.07. The second kappa shape index (κ2) is 4.69. The highest BCUT2D eigenvalue weighted by molar-refractivity contribution is 6.31. The second-order valence-electron chi connectivity index (χ2n) is 4.76. The van der Waals surface area contributed by atoms with E-state index in [1.807, 2.05) is 25.1 Å². The van der Waals surface area contributed by atoms with E-state index < -0.39 is 0 Å². The second-order valence-corrected chi connectivity index (χ2v) is 5.20. The minimum absolute atomic E-state index is 0.0888. The molecule has 0 aliphatic rings. The monoisotopic (exact) mass is 284 g/mol. The van der Waals surface area contributed by atoms with Crippen molar-refractivity contribution in [1.82, 2.24) is 4.98 Å². The number of aromatic nitrogens is 1. The van der Waals surface area contributed by atoms with Gasteiger partial charge in [0.15, 0.2) is 5.78 Å². The highest BCUT2D eigenvalue weighted by Gasteiger charge is 2.18. The maximum absolute atomic E-state index is 12.7. The first-order valence-electron chi connectivity index (χ1n) is 6.24. The van der Waals surface area contributed by atoms with E-state index in [0.29, 0.717) is 21.8 Å². The average Bonchev–Trinajstić information content (AvgIpc) is 2.81. The number of carbonyl (C=O) groups excluding carboxylic acids is 1. The number of H-pyrrole nitrogens is 1. The summed E-state index contributed by atoms with van der Waals surface area (Å²) < 4.78 is 0. The molecular weight excluding hydrogens is 272 g/mol. The number of benzene rings is 2. The van der Waals surface area contributed by atoms with Crippen LogP contribution in [-0.2, 0) is 0 Å². The summed E-state index contributed by atoms with van der Waals surface area (Å²) in [5.41, 5.74) is 9.32. The first-order chi connectivity index (χ1) is 9.58. The van der Waals surface area contributed by atoms with Crippen molar-refractivity contribution in [1.29, 1.82) is 0 Å². The Labute approximate surface area is 121 Å². The highest BCUT2D eigenvalue weighted by atomic mass is 35.5. The molecule has 0 unspecified atom stereocenters. The topological polar surface area (TPSA) is 58.9 Å². The lowest BCUT2D eigenvalue weighted by atomic mass is 9.97. The first kappa shape index (κ1) is 12.8. The van der Waals surface area contributed by atoms with Crippen LogP contribution in [0.25, 0.3) is 10.9 Å². The number of aromatic amines is 1. The number of hydrogen-bond acceptors (Lipinski definition) is 2. The Kier molecular flexibility index (Phi) is 2.99. The van der Waals surface area contributed by atoms with Gasteiger partial charge in [-0.2, -0.15) is 0 Å². The van der Waals surface area contributed by atoms with Gasteiger partial charge in [-0.05, 0) is 36.8 Å². The van der Waals surface area contributed by atoms with Crippen LogP contribution in [-0.4, -0.2) is 10.8 Å². The Morgan fingerprint density at radius 2 is 2.05 bits per heavy atom. The molecule has 0 amide bonds. The van der Waals surface area contributed by atoms with Crippen LogP contribution in [0.3, 0.4) is 0 Å². The fourth-order valence-electron chi connectivity index (χ4n) is 2.42. The molecule has 0 radical (unpaired) electrons. The van der Waals surface area contributed by atoms with E-state index in [9.17, 15) is 4.79 Å². The molecule has 3 N–H and O–H groups in total. The Bertz CT molecular complexity index is 800. The maximum atomic E-state index is 12.7. The van der Waals surface area contributed by atoms with Crippen molar-refractivity contribution in [2.75, 3.05) is 5.73 Å². The number of nitrogen functional groups attached to an aromatic ring is 1. The van der Waals surface area contributed by atoms with E-state index in [1.54, 1.807) is 24.4 Å². The molecule has 3 aromatic rings. The van der Waals surface area contributed by atoms with Crippen molar-refractivity contribution < 1.29 is 4.79 Å². The number of nitrogens with two attached hydrogens (primary N) is 1. The summed E-state index contributed by atoms with van der Waals surface area (Å²) >= 11 is 6.01. The van der Waals surface area contributed by atoms with Crippen LogP contribution >= 0.6 is 11.6 Å². The van der Waals surface area contributed by atoms with Crippen molar-refractivity contribution >= 4 is 34.0 Å². The van der Waals surface area contributed by atoms with E-state index >= 15 is 0 Å². The van der Waals surface area contributed by atoms with Crippen LogP contribution in [0.1, 0.15) is 21.5 Å². The number of fused-ring (bicyclic) bond motifs is 1. The van der Waals surface area contributed by atoms with Gasteiger partial charge in [-0.25, -0.2) is 0 Å². The minimum atomic E-state index is -0.0888. The van der Waals surface area contributed by atoms with Gasteiger partial charge in [0, 0.05) is 38.9 Å². The molecule has 0 saturated heterocycles. The molecule has 100 valence electrons. The van der Waals surface area contributed by atoms with Crippen molar-refractivity contribution in [3.63, 3.8) is 0 Å². The molecule has 0 atom stereocenters. The number of rotatable bonds is 2. The van der Waals surface area contributed by atoms with Crippen molar-refractivity contribution in [3.05, 3.63) is 64.3 Å². The largest absolute Gasteiger partial charge is 0.398 e. The predicted octanol–water partition coefficient (Wildman–Crippen LogP) is 3.94. The molecule has 0 spiro atoms. The van der Waals surface area contributed by atoms with Crippen LogP contribution in [0.5, 0.6) is 0 Å². The van der Waals surface area contributed by atoms with Gasteiger partial charge in [0.05, 0.1) is 0 Å². The first-order valence-corrected chi connectivity index (χ1v) is 6.62. The van der Waals surface area contributed by atoms with Gasteiger partial charge in [0.25, 0.3) is 0 Å².